The van der Waals surface area contributed by atoms with Crippen LogP contribution in [0, 0.1) is 0 Å². The largest absolute Gasteiger partial charge is 0.507 e. The number of hydrogen-bond donors (Lipinski definition) is 1. The summed E-state index contributed by atoms with van der Waals surface area (Å²) < 4.78 is 19.2. The summed E-state index contributed by atoms with van der Waals surface area (Å²) in [7, 11) is 1.56. The van der Waals surface area contributed by atoms with Gasteiger partial charge in [-0.15, -0.1) is 0 Å². The number of imidazole rings is 1. The Morgan fingerprint density at radius 2 is 1.98 bits per heavy atom. The second-order valence-corrected chi connectivity index (χ2v) is 10.2. The first-order chi connectivity index (χ1) is 19.4. The Labute approximate surface area is 234 Å². The van der Waals surface area contributed by atoms with E-state index in [0.717, 1.165) is 24.2 Å². The molecule has 3 heterocycles. The molecule has 9 nitrogen and oxygen atoms in total. The number of ether oxygens (including phenoxy) is 3. The molecule has 1 saturated heterocycles. The molecule has 1 fully saturated rings. The molecule has 3 aromatic rings. The summed E-state index contributed by atoms with van der Waals surface area (Å²) in [5.74, 6) is 0.301. The number of rotatable bonds is 11. The first kappa shape index (κ1) is 27.3. The number of hydrogen-bond acceptors (Lipinski definition) is 7. The van der Waals surface area contributed by atoms with Gasteiger partial charge in [0.05, 0.1) is 31.7 Å². The van der Waals surface area contributed by atoms with Crippen LogP contribution in [-0.2, 0) is 22.6 Å². The summed E-state index contributed by atoms with van der Waals surface area (Å²) in [4.78, 5) is 32.5. The number of benzene rings is 2. The second kappa shape index (κ2) is 11.9. The highest BCUT2D eigenvalue weighted by molar-refractivity contribution is 6.46. The molecule has 40 heavy (non-hydrogen) atoms. The molecular formula is C31H35N3O6. The summed E-state index contributed by atoms with van der Waals surface area (Å²) in [6, 6.07) is 9.98. The Balaban J connectivity index is 1.53. The third-order valence-electron chi connectivity index (χ3n) is 7.34. The van der Waals surface area contributed by atoms with Crippen molar-refractivity contribution in [3.63, 3.8) is 0 Å². The van der Waals surface area contributed by atoms with Gasteiger partial charge >= 0.3 is 0 Å². The fourth-order valence-electron chi connectivity index (χ4n) is 5.32. The molecule has 2 aliphatic heterocycles. The van der Waals surface area contributed by atoms with Crippen LogP contribution in [0.4, 0.5) is 0 Å². The zero-order valence-corrected chi connectivity index (χ0v) is 23.1. The van der Waals surface area contributed by atoms with Crippen LogP contribution in [0.2, 0.25) is 0 Å². The highest BCUT2D eigenvalue weighted by Gasteiger charge is 2.46. The summed E-state index contributed by atoms with van der Waals surface area (Å²) in [5, 5.41) is 11.5. The SMILES string of the molecule is CCCCOc1ccc(C2/C(=C(/O)c3ccc4c(c3)CC(C)O4)C(=O)C(=O)N2CCCn2ccnc2)cc1OC. The van der Waals surface area contributed by atoms with E-state index in [-0.39, 0.29) is 17.4 Å². The van der Waals surface area contributed by atoms with Gasteiger partial charge in [-0.1, -0.05) is 19.4 Å². The van der Waals surface area contributed by atoms with Crippen LogP contribution < -0.4 is 14.2 Å². The normalized spacial score (nSPS) is 19.5. The average molecular weight is 546 g/mol. The number of nitrogens with zero attached hydrogens (tertiary/aromatic N) is 3. The average Bonchev–Trinajstić information content (AvgIpc) is 3.67. The quantitative estimate of drug-likeness (QED) is 0.158. The van der Waals surface area contributed by atoms with Crippen molar-refractivity contribution in [1.29, 1.82) is 0 Å². The summed E-state index contributed by atoms with van der Waals surface area (Å²) in [6.07, 6.45) is 8.53. The standard InChI is InChI=1S/C31H35N3O6/c1-4-5-15-39-25-10-7-21(18-26(25)38-3)28-27(29(35)22-8-9-24-23(17-22)16-20(2)40-24)30(36)31(37)34(28)13-6-12-33-14-11-32-19-33/h7-11,14,17-20,28,35H,4-6,12-13,15-16H2,1-3H3/b29-27-. The smallest absolute Gasteiger partial charge is 0.295 e. The van der Waals surface area contributed by atoms with Crippen LogP contribution in [-0.4, -0.2) is 57.6 Å². The van der Waals surface area contributed by atoms with E-state index < -0.39 is 17.7 Å². The minimum absolute atomic E-state index is 0.0407. The van der Waals surface area contributed by atoms with E-state index in [1.165, 1.54) is 4.90 Å². The number of Topliss-reactive ketones (excluding diaryl/α,β-unsaturated/α-hetero) is 1. The van der Waals surface area contributed by atoms with Crippen LogP contribution in [0.5, 0.6) is 17.2 Å². The third-order valence-corrected chi connectivity index (χ3v) is 7.34. The van der Waals surface area contributed by atoms with Crippen molar-refractivity contribution in [1.82, 2.24) is 14.5 Å². The maximum Gasteiger partial charge on any atom is 0.295 e. The molecular weight excluding hydrogens is 510 g/mol. The van der Waals surface area contributed by atoms with Gasteiger partial charge in [-0.05, 0) is 61.2 Å². The summed E-state index contributed by atoms with van der Waals surface area (Å²) in [6.45, 7) is 5.58. The molecule has 0 saturated carbocycles. The van der Waals surface area contributed by atoms with Gasteiger partial charge in [0.15, 0.2) is 11.5 Å². The number of aliphatic hydroxyl groups excluding tert-OH is 1. The molecule has 1 N–H and O–H groups in total. The van der Waals surface area contributed by atoms with Crippen molar-refractivity contribution in [2.75, 3.05) is 20.3 Å². The molecule has 2 unspecified atom stereocenters. The zero-order chi connectivity index (χ0) is 28.2. The van der Waals surface area contributed by atoms with Crippen molar-refractivity contribution in [3.8, 4) is 17.2 Å². The minimum Gasteiger partial charge on any atom is -0.507 e. The minimum atomic E-state index is -0.787. The maximum atomic E-state index is 13.5. The number of likely N-dealkylation sites (tertiary alicyclic amines) is 1. The van der Waals surface area contributed by atoms with Crippen LogP contribution in [0.25, 0.3) is 5.76 Å². The zero-order valence-electron chi connectivity index (χ0n) is 23.1. The molecule has 1 amide bonds. The Hall–Kier alpha value is -4.27. The molecule has 0 radical (unpaired) electrons. The Morgan fingerprint density at radius 1 is 1.12 bits per heavy atom. The first-order valence-corrected chi connectivity index (χ1v) is 13.8. The molecule has 5 rings (SSSR count). The van der Waals surface area contributed by atoms with E-state index in [1.54, 1.807) is 43.9 Å². The van der Waals surface area contributed by atoms with Crippen LogP contribution in [0.3, 0.4) is 0 Å². The summed E-state index contributed by atoms with van der Waals surface area (Å²) in [5.41, 5.74) is 2.14. The molecule has 210 valence electrons. The van der Waals surface area contributed by atoms with Crippen molar-refractivity contribution >= 4 is 17.4 Å². The molecule has 2 aliphatic rings. The van der Waals surface area contributed by atoms with Crippen molar-refractivity contribution < 1.29 is 28.9 Å². The van der Waals surface area contributed by atoms with Gasteiger partial charge in [0.2, 0.25) is 0 Å². The van der Waals surface area contributed by atoms with Crippen LogP contribution in [0.15, 0.2) is 60.7 Å². The Kier molecular flexibility index (Phi) is 8.09. The van der Waals surface area contributed by atoms with Gasteiger partial charge in [-0.25, -0.2) is 4.98 Å². The van der Waals surface area contributed by atoms with E-state index in [1.807, 2.05) is 29.8 Å². The lowest BCUT2D eigenvalue weighted by Gasteiger charge is -2.26. The van der Waals surface area contributed by atoms with Gasteiger partial charge < -0.3 is 28.8 Å². The molecule has 0 aliphatic carbocycles. The van der Waals surface area contributed by atoms with Crippen LogP contribution in [0.1, 0.15) is 55.8 Å². The highest BCUT2D eigenvalue weighted by Crippen LogP contribution is 2.43. The topological polar surface area (TPSA) is 103 Å². The monoisotopic (exact) mass is 545 g/mol. The molecule has 2 aromatic carbocycles. The Bertz CT molecular complexity index is 1410. The number of fused-ring (bicyclic) bond motifs is 1. The maximum absolute atomic E-state index is 13.5. The number of aryl methyl sites for hydroxylation is 1. The van der Waals surface area contributed by atoms with Crippen molar-refractivity contribution in [2.45, 2.75) is 58.2 Å². The van der Waals surface area contributed by atoms with Gasteiger partial charge in [-0.2, -0.15) is 0 Å². The van der Waals surface area contributed by atoms with Gasteiger partial charge in [0, 0.05) is 37.5 Å². The lowest BCUT2D eigenvalue weighted by atomic mass is 9.94. The van der Waals surface area contributed by atoms with E-state index in [2.05, 4.69) is 11.9 Å². The molecule has 1 aromatic heterocycles. The van der Waals surface area contributed by atoms with Gasteiger partial charge in [0.1, 0.15) is 17.6 Å². The fraction of sp³-hybridized carbons (Fsp3) is 0.387. The summed E-state index contributed by atoms with van der Waals surface area (Å²) >= 11 is 0. The number of amides is 1. The number of carbonyl (C=O) groups excluding carboxylic acids is 2. The number of aliphatic hydroxyl groups is 1. The molecule has 0 bridgehead atoms. The van der Waals surface area contributed by atoms with E-state index in [0.29, 0.717) is 55.2 Å². The number of methoxy groups -OCH3 is 1. The van der Waals surface area contributed by atoms with E-state index in [4.69, 9.17) is 14.2 Å². The van der Waals surface area contributed by atoms with Crippen molar-refractivity contribution in [3.05, 3.63) is 77.4 Å². The Morgan fingerprint density at radius 3 is 2.73 bits per heavy atom. The van der Waals surface area contributed by atoms with Gasteiger partial charge in [0.25, 0.3) is 11.7 Å². The number of ketones is 1. The first-order valence-electron chi connectivity index (χ1n) is 13.8. The van der Waals surface area contributed by atoms with E-state index in [9.17, 15) is 14.7 Å². The lowest BCUT2D eigenvalue weighted by Crippen LogP contribution is -2.31. The van der Waals surface area contributed by atoms with Crippen LogP contribution >= 0.6 is 0 Å². The number of aromatic nitrogens is 2. The second-order valence-electron chi connectivity index (χ2n) is 10.2. The predicted octanol–water partition coefficient (Wildman–Crippen LogP) is 4.91. The fourth-order valence-corrected chi connectivity index (χ4v) is 5.32. The molecule has 0 spiro atoms. The molecule has 2 atom stereocenters. The molecule has 9 heteroatoms. The van der Waals surface area contributed by atoms with E-state index >= 15 is 0 Å². The highest BCUT2D eigenvalue weighted by atomic mass is 16.5. The number of unbranched alkanes of at least 4 members (excludes halogenated alkanes) is 1. The predicted molar refractivity (Wildman–Crippen MR) is 149 cm³/mol. The van der Waals surface area contributed by atoms with Crippen molar-refractivity contribution in [2.24, 2.45) is 0 Å². The lowest BCUT2D eigenvalue weighted by molar-refractivity contribution is -0.139. The van der Waals surface area contributed by atoms with Gasteiger partial charge in [-0.3, -0.25) is 9.59 Å². The third kappa shape index (κ3) is 5.41. The number of carbonyl (C=O) groups is 2.